The molecule has 5 heteroatoms. The molecule has 2 aromatic heterocycles. The van der Waals surface area contributed by atoms with Gasteiger partial charge in [0.05, 0.1) is 11.9 Å². The number of fused-ring (bicyclic) bond motifs is 1. The highest BCUT2D eigenvalue weighted by atomic mass is 32.1. The number of likely N-dealkylation sites (tertiary alicyclic amines) is 1. The van der Waals surface area contributed by atoms with Gasteiger partial charge in [0.15, 0.2) is 0 Å². The summed E-state index contributed by atoms with van der Waals surface area (Å²) in [5, 5.41) is 4.88. The van der Waals surface area contributed by atoms with Gasteiger partial charge in [-0.25, -0.2) is 9.97 Å². The summed E-state index contributed by atoms with van der Waals surface area (Å²) in [5.74, 6) is 2.92. The maximum atomic E-state index is 4.91. The third kappa shape index (κ3) is 3.22. The number of rotatable bonds is 4. The summed E-state index contributed by atoms with van der Waals surface area (Å²) in [6, 6.07) is 0.622. The van der Waals surface area contributed by atoms with Crippen LogP contribution in [0.4, 0.5) is 5.82 Å². The summed E-state index contributed by atoms with van der Waals surface area (Å²) >= 11 is 1.81. The molecule has 2 aliphatic rings. The lowest BCUT2D eigenvalue weighted by molar-refractivity contribution is 0.181. The Bertz CT molecular complexity index is 711. The maximum absolute atomic E-state index is 4.91. The van der Waals surface area contributed by atoms with Crippen molar-refractivity contribution in [3.8, 4) is 0 Å². The average molecular weight is 331 g/mol. The second-order valence-corrected chi connectivity index (χ2v) is 8.53. The van der Waals surface area contributed by atoms with E-state index in [-0.39, 0.29) is 0 Å². The monoisotopic (exact) mass is 330 g/mol. The van der Waals surface area contributed by atoms with E-state index in [0.29, 0.717) is 6.04 Å². The van der Waals surface area contributed by atoms with Gasteiger partial charge in [0.2, 0.25) is 0 Å². The number of hydrogen-bond acceptors (Lipinski definition) is 5. The fraction of sp³-hybridized carbons (Fsp3) is 0.667. The van der Waals surface area contributed by atoms with Gasteiger partial charge in [-0.1, -0.05) is 6.92 Å². The van der Waals surface area contributed by atoms with Crippen molar-refractivity contribution in [3.05, 3.63) is 16.3 Å². The molecule has 0 aromatic carbocycles. The largest absolute Gasteiger partial charge is 0.367 e. The maximum Gasteiger partial charge on any atom is 0.146 e. The van der Waals surface area contributed by atoms with Crippen molar-refractivity contribution < 1.29 is 0 Å². The highest BCUT2D eigenvalue weighted by Gasteiger charge is 2.25. The summed E-state index contributed by atoms with van der Waals surface area (Å²) in [6.07, 6.45) is 5.14. The van der Waals surface area contributed by atoms with Gasteiger partial charge in [-0.05, 0) is 64.1 Å². The Morgan fingerprint density at radius 1 is 1.13 bits per heavy atom. The van der Waals surface area contributed by atoms with Crippen LogP contribution in [0.1, 0.15) is 48.9 Å². The smallest absolute Gasteiger partial charge is 0.146 e. The Morgan fingerprint density at radius 3 is 2.57 bits per heavy atom. The van der Waals surface area contributed by atoms with Crippen LogP contribution in [0.25, 0.3) is 10.2 Å². The Morgan fingerprint density at radius 2 is 1.87 bits per heavy atom. The number of piperidine rings is 1. The average Bonchev–Trinajstić information content (AvgIpc) is 3.28. The summed E-state index contributed by atoms with van der Waals surface area (Å²) in [6.45, 7) is 9.98. The molecule has 0 radical (unpaired) electrons. The zero-order valence-corrected chi connectivity index (χ0v) is 15.2. The second-order valence-electron chi connectivity index (χ2n) is 7.33. The molecule has 1 saturated heterocycles. The first-order valence-corrected chi connectivity index (χ1v) is 9.67. The van der Waals surface area contributed by atoms with E-state index >= 15 is 0 Å². The molecule has 23 heavy (non-hydrogen) atoms. The fourth-order valence-corrected chi connectivity index (χ4v) is 4.36. The van der Waals surface area contributed by atoms with Crippen molar-refractivity contribution >= 4 is 27.4 Å². The number of nitrogens with one attached hydrogen (secondary N) is 1. The Balaban J connectivity index is 1.64. The summed E-state index contributed by atoms with van der Waals surface area (Å²) in [5.41, 5.74) is 1.34. The zero-order valence-electron chi connectivity index (χ0n) is 14.4. The number of aromatic nitrogens is 2. The number of aryl methyl sites for hydroxylation is 2. The van der Waals surface area contributed by atoms with Crippen molar-refractivity contribution in [3.63, 3.8) is 0 Å². The molecule has 4 nitrogen and oxygen atoms in total. The fourth-order valence-electron chi connectivity index (χ4n) is 3.31. The summed E-state index contributed by atoms with van der Waals surface area (Å²) in [7, 11) is 0. The third-order valence-corrected chi connectivity index (χ3v) is 6.34. The molecule has 0 bridgehead atoms. The molecule has 0 unspecified atom stereocenters. The van der Waals surface area contributed by atoms with Crippen LogP contribution in [0.3, 0.4) is 0 Å². The molecular formula is C18H26N4S. The first-order valence-electron chi connectivity index (χ1n) is 8.85. The molecule has 3 heterocycles. The lowest BCUT2D eigenvalue weighted by Gasteiger charge is -2.29. The summed E-state index contributed by atoms with van der Waals surface area (Å²) < 4.78 is 0. The Labute approximate surface area is 142 Å². The minimum Gasteiger partial charge on any atom is -0.367 e. The van der Waals surface area contributed by atoms with Crippen molar-refractivity contribution in [1.82, 2.24) is 14.9 Å². The predicted octanol–water partition coefficient (Wildman–Crippen LogP) is 4.11. The molecule has 4 rings (SSSR count). The van der Waals surface area contributed by atoms with Gasteiger partial charge < -0.3 is 5.32 Å². The van der Waals surface area contributed by atoms with E-state index in [1.165, 1.54) is 54.6 Å². The van der Waals surface area contributed by atoms with Crippen LogP contribution in [-0.2, 0) is 6.54 Å². The van der Waals surface area contributed by atoms with Crippen molar-refractivity contribution in [2.75, 3.05) is 18.4 Å². The predicted molar refractivity (Wildman–Crippen MR) is 97.2 cm³/mol. The van der Waals surface area contributed by atoms with Crippen LogP contribution in [0.15, 0.2) is 0 Å². The normalized spacial score (nSPS) is 20.3. The van der Waals surface area contributed by atoms with Gasteiger partial charge in [-0.15, -0.1) is 11.3 Å². The van der Waals surface area contributed by atoms with Crippen molar-refractivity contribution in [2.24, 2.45) is 5.92 Å². The van der Waals surface area contributed by atoms with E-state index in [9.17, 15) is 0 Å². The molecule has 1 saturated carbocycles. The first-order chi connectivity index (χ1) is 11.1. The standard InChI is InChI=1S/C18H26N4S/c1-11-6-8-22(9-7-11)10-15-20-17(19-14-4-5-14)16-12(2)13(3)23-18(16)21-15/h11,14H,4-10H2,1-3H3,(H,19,20,21). The molecule has 2 aromatic rings. The zero-order chi connectivity index (χ0) is 16.0. The number of anilines is 1. The molecule has 2 fully saturated rings. The van der Waals surface area contributed by atoms with Gasteiger partial charge in [0.1, 0.15) is 16.5 Å². The second kappa shape index (κ2) is 6.02. The van der Waals surface area contributed by atoms with Gasteiger partial charge in [-0.3, -0.25) is 4.90 Å². The van der Waals surface area contributed by atoms with E-state index in [0.717, 1.165) is 28.9 Å². The molecule has 0 spiro atoms. The van der Waals surface area contributed by atoms with Gasteiger partial charge >= 0.3 is 0 Å². The van der Waals surface area contributed by atoms with E-state index in [4.69, 9.17) is 9.97 Å². The van der Waals surface area contributed by atoms with Crippen LogP contribution in [0.5, 0.6) is 0 Å². The molecular weight excluding hydrogens is 304 g/mol. The number of hydrogen-bond donors (Lipinski definition) is 1. The molecule has 0 atom stereocenters. The lowest BCUT2D eigenvalue weighted by atomic mass is 9.99. The van der Waals surface area contributed by atoms with E-state index in [1.54, 1.807) is 0 Å². The van der Waals surface area contributed by atoms with Crippen LogP contribution in [-0.4, -0.2) is 34.0 Å². The van der Waals surface area contributed by atoms with Crippen LogP contribution >= 0.6 is 11.3 Å². The highest BCUT2D eigenvalue weighted by molar-refractivity contribution is 7.18. The van der Waals surface area contributed by atoms with Crippen LogP contribution < -0.4 is 5.32 Å². The minimum atomic E-state index is 0.622. The first kappa shape index (κ1) is 15.3. The topological polar surface area (TPSA) is 41.1 Å². The van der Waals surface area contributed by atoms with Crippen LogP contribution in [0, 0.1) is 19.8 Å². The third-order valence-electron chi connectivity index (χ3n) is 5.23. The van der Waals surface area contributed by atoms with Crippen molar-refractivity contribution in [1.29, 1.82) is 0 Å². The van der Waals surface area contributed by atoms with Crippen LogP contribution in [0.2, 0.25) is 0 Å². The quantitative estimate of drug-likeness (QED) is 0.916. The molecule has 124 valence electrons. The highest BCUT2D eigenvalue weighted by Crippen LogP contribution is 2.35. The van der Waals surface area contributed by atoms with E-state index < -0.39 is 0 Å². The summed E-state index contributed by atoms with van der Waals surface area (Å²) in [4.78, 5) is 14.8. The number of thiophene rings is 1. The lowest BCUT2D eigenvalue weighted by Crippen LogP contribution is -2.33. The number of nitrogens with zero attached hydrogens (tertiary/aromatic N) is 3. The Hall–Kier alpha value is -1.20. The van der Waals surface area contributed by atoms with Gasteiger partial charge in [-0.2, -0.15) is 0 Å². The van der Waals surface area contributed by atoms with E-state index in [2.05, 4.69) is 31.0 Å². The molecule has 1 aliphatic carbocycles. The molecule has 0 amide bonds. The minimum absolute atomic E-state index is 0.622. The van der Waals surface area contributed by atoms with Crippen molar-refractivity contribution in [2.45, 2.75) is 59.0 Å². The van der Waals surface area contributed by atoms with E-state index in [1.807, 2.05) is 11.3 Å². The molecule has 1 aliphatic heterocycles. The van der Waals surface area contributed by atoms with Gasteiger partial charge in [0, 0.05) is 10.9 Å². The van der Waals surface area contributed by atoms with Gasteiger partial charge in [0.25, 0.3) is 0 Å². The SMILES string of the molecule is Cc1sc2nc(CN3CCC(C)CC3)nc(NC3CC3)c2c1C. The molecule has 1 N–H and O–H groups in total. The Kier molecular flexibility index (Phi) is 4.01.